The van der Waals surface area contributed by atoms with Crippen molar-refractivity contribution >= 4 is 10.0 Å². The molecule has 1 saturated heterocycles. The molecule has 1 aromatic rings. The van der Waals surface area contributed by atoms with Crippen LogP contribution in [-0.2, 0) is 16.4 Å². The zero-order valence-electron chi connectivity index (χ0n) is 9.89. The van der Waals surface area contributed by atoms with Crippen molar-refractivity contribution in [2.75, 3.05) is 12.8 Å². The van der Waals surface area contributed by atoms with E-state index in [4.69, 9.17) is 0 Å². The van der Waals surface area contributed by atoms with E-state index in [9.17, 15) is 8.42 Å². The first-order valence-electron chi connectivity index (χ1n) is 5.79. The van der Waals surface area contributed by atoms with Gasteiger partial charge >= 0.3 is 0 Å². The van der Waals surface area contributed by atoms with Crippen molar-refractivity contribution in [2.45, 2.75) is 24.9 Å². The molecular weight excluding hydrogens is 236 g/mol. The molecule has 1 fully saturated rings. The Morgan fingerprint density at radius 3 is 2.71 bits per heavy atom. The summed E-state index contributed by atoms with van der Waals surface area (Å²) >= 11 is 0. The summed E-state index contributed by atoms with van der Waals surface area (Å²) in [4.78, 5) is 0. The molecule has 2 atom stereocenters. The number of rotatable bonds is 4. The third-order valence-corrected chi connectivity index (χ3v) is 3.74. The normalized spacial score (nSPS) is 25.0. The molecule has 2 rings (SSSR count). The maximum absolute atomic E-state index is 11.2. The molecule has 0 unspecified atom stereocenters. The third-order valence-electron chi connectivity index (χ3n) is 3.01. The molecule has 17 heavy (non-hydrogen) atoms. The predicted molar refractivity (Wildman–Crippen MR) is 68.3 cm³/mol. The minimum atomic E-state index is -3.12. The number of hydrogen-bond donors (Lipinski definition) is 2. The maximum atomic E-state index is 11.2. The van der Waals surface area contributed by atoms with Crippen molar-refractivity contribution in [3.63, 3.8) is 0 Å². The van der Waals surface area contributed by atoms with Crippen molar-refractivity contribution in [3.05, 3.63) is 35.9 Å². The highest BCUT2D eigenvalue weighted by Crippen LogP contribution is 2.13. The molecule has 0 bridgehead atoms. The summed E-state index contributed by atoms with van der Waals surface area (Å²) in [5.41, 5.74) is 1.23. The van der Waals surface area contributed by atoms with Crippen molar-refractivity contribution < 1.29 is 8.42 Å². The van der Waals surface area contributed by atoms with Crippen LogP contribution in [0.1, 0.15) is 12.0 Å². The molecule has 1 heterocycles. The minimum Gasteiger partial charge on any atom is -0.312 e. The maximum Gasteiger partial charge on any atom is 0.209 e. The van der Waals surface area contributed by atoms with Gasteiger partial charge in [-0.05, 0) is 24.9 Å². The van der Waals surface area contributed by atoms with Gasteiger partial charge in [-0.2, -0.15) is 0 Å². The van der Waals surface area contributed by atoms with Crippen molar-refractivity contribution in [2.24, 2.45) is 0 Å². The van der Waals surface area contributed by atoms with Gasteiger partial charge in [0.1, 0.15) is 0 Å². The highest BCUT2D eigenvalue weighted by molar-refractivity contribution is 7.88. The van der Waals surface area contributed by atoms with Gasteiger partial charge in [-0.3, -0.25) is 0 Å². The number of sulfonamides is 1. The van der Waals surface area contributed by atoms with E-state index < -0.39 is 10.0 Å². The van der Waals surface area contributed by atoms with Crippen molar-refractivity contribution in [1.82, 2.24) is 10.0 Å². The van der Waals surface area contributed by atoms with Crippen LogP contribution in [0.5, 0.6) is 0 Å². The Hall–Kier alpha value is -0.910. The number of nitrogens with one attached hydrogen (secondary N) is 2. The summed E-state index contributed by atoms with van der Waals surface area (Å²) in [5, 5.41) is 3.35. The Balaban J connectivity index is 2.01. The number of hydrogen-bond acceptors (Lipinski definition) is 3. The Morgan fingerprint density at radius 1 is 1.35 bits per heavy atom. The van der Waals surface area contributed by atoms with Gasteiger partial charge in [0.05, 0.1) is 6.26 Å². The summed E-state index contributed by atoms with van der Waals surface area (Å²) in [6.45, 7) is 0.866. The molecule has 0 saturated carbocycles. The Labute approximate surface area is 102 Å². The van der Waals surface area contributed by atoms with Crippen molar-refractivity contribution in [3.8, 4) is 0 Å². The van der Waals surface area contributed by atoms with Gasteiger partial charge < -0.3 is 5.32 Å². The lowest BCUT2D eigenvalue weighted by atomic mass is 10.0. The molecule has 0 radical (unpaired) electrons. The van der Waals surface area contributed by atoms with Gasteiger partial charge in [0.2, 0.25) is 10.0 Å². The Morgan fingerprint density at radius 2 is 2.06 bits per heavy atom. The van der Waals surface area contributed by atoms with Crippen LogP contribution in [0.25, 0.3) is 0 Å². The topological polar surface area (TPSA) is 58.2 Å². The molecule has 4 nitrogen and oxygen atoms in total. The molecule has 1 aliphatic rings. The highest BCUT2D eigenvalue weighted by atomic mass is 32.2. The van der Waals surface area contributed by atoms with E-state index in [-0.39, 0.29) is 12.1 Å². The lowest BCUT2D eigenvalue weighted by molar-refractivity contribution is 0.494. The fourth-order valence-electron chi connectivity index (χ4n) is 2.27. The van der Waals surface area contributed by atoms with E-state index in [1.165, 1.54) is 11.8 Å². The van der Waals surface area contributed by atoms with E-state index in [1.54, 1.807) is 0 Å². The van der Waals surface area contributed by atoms with Gasteiger partial charge in [0, 0.05) is 12.1 Å². The quantitative estimate of drug-likeness (QED) is 0.823. The standard InChI is InChI=1S/C12H18N2O2S/c1-17(15,16)14-11-7-8-13-12(11)9-10-5-3-2-4-6-10/h2-6,11-14H,7-9H2,1H3/t11-,12+/m1/s1. The lowest BCUT2D eigenvalue weighted by Crippen LogP contribution is -2.44. The van der Waals surface area contributed by atoms with E-state index in [2.05, 4.69) is 22.2 Å². The second-order valence-corrected chi connectivity index (χ2v) is 6.32. The zero-order chi connectivity index (χ0) is 12.3. The summed E-state index contributed by atoms with van der Waals surface area (Å²) < 4.78 is 25.2. The van der Waals surface area contributed by atoms with Gasteiger partial charge in [-0.25, -0.2) is 13.1 Å². The molecule has 1 aromatic carbocycles. The van der Waals surface area contributed by atoms with Crippen molar-refractivity contribution in [1.29, 1.82) is 0 Å². The molecular formula is C12H18N2O2S. The first kappa shape index (κ1) is 12.5. The van der Waals surface area contributed by atoms with E-state index in [0.717, 1.165) is 19.4 Å². The average molecular weight is 254 g/mol. The SMILES string of the molecule is CS(=O)(=O)N[C@@H]1CCN[C@H]1Cc1ccccc1. The lowest BCUT2D eigenvalue weighted by Gasteiger charge is -2.19. The summed E-state index contributed by atoms with van der Waals surface area (Å²) in [6.07, 6.45) is 2.92. The van der Waals surface area contributed by atoms with E-state index in [1.807, 2.05) is 18.2 Å². The average Bonchev–Trinajstić information content (AvgIpc) is 2.65. The van der Waals surface area contributed by atoms with Crippen LogP contribution in [0.4, 0.5) is 0 Å². The molecule has 1 aliphatic heterocycles. The summed E-state index contributed by atoms with van der Waals surface area (Å²) in [6, 6.07) is 10.3. The predicted octanol–water partition coefficient (Wildman–Crippen LogP) is 0.509. The van der Waals surface area contributed by atoms with E-state index >= 15 is 0 Å². The second-order valence-electron chi connectivity index (χ2n) is 4.54. The molecule has 0 aromatic heterocycles. The number of benzene rings is 1. The van der Waals surface area contributed by atoms with Crippen LogP contribution in [0.2, 0.25) is 0 Å². The third kappa shape index (κ3) is 3.80. The molecule has 0 aliphatic carbocycles. The van der Waals surface area contributed by atoms with E-state index in [0.29, 0.717) is 0 Å². The van der Waals surface area contributed by atoms with Gasteiger partial charge in [-0.15, -0.1) is 0 Å². The summed E-state index contributed by atoms with van der Waals surface area (Å²) in [5.74, 6) is 0. The smallest absolute Gasteiger partial charge is 0.209 e. The Kier molecular flexibility index (Phi) is 3.81. The van der Waals surface area contributed by atoms with Gasteiger partial charge in [0.15, 0.2) is 0 Å². The van der Waals surface area contributed by atoms with Crippen LogP contribution in [0, 0.1) is 0 Å². The fourth-order valence-corrected chi connectivity index (χ4v) is 3.10. The second kappa shape index (κ2) is 5.16. The van der Waals surface area contributed by atoms with Crippen LogP contribution >= 0.6 is 0 Å². The molecule has 0 amide bonds. The van der Waals surface area contributed by atoms with Crippen LogP contribution in [-0.4, -0.2) is 33.3 Å². The largest absolute Gasteiger partial charge is 0.312 e. The van der Waals surface area contributed by atoms with Gasteiger partial charge in [0.25, 0.3) is 0 Å². The fraction of sp³-hybridized carbons (Fsp3) is 0.500. The van der Waals surface area contributed by atoms with Crippen LogP contribution < -0.4 is 10.0 Å². The van der Waals surface area contributed by atoms with Gasteiger partial charge in [-0.1, -0.05) is 30.3 Å². The molecule has 2 N–H and O–H groups in total. The molecule has 94 valence electrons. The molecule has 0 spiro atoms. The molecule has 5 heteroatoms. The first-order valence-corrected chi connectivity index (χ1v) is 7.68. The van der Waals surface area contributed by atoms with Crippen LogP contribution in [0.3, 0.4) is 0 Å². The summed E-state index contributed by atoms with van der Waals surface area (Å²) in [7, 11) is -3.12. The highest BCUT2D eigenvalue weighted by Gasteiger charge is 2.28. The zero-order valence-corrected chi connectivity index (χ0v) is 10.7. The first-order chi connectivity index (χ1) is 8.04. The monoisotopic (exact) mass is 254 g/mol. The Bertz CT molecular complexity index is 459. The van der Waals surface area contributed by atoms with Crippen LogP contribution in [0.15, 0.2) is 30.3 Å². The minimum absolute atomic E-state index is 0.00482.